The molecule has 0 aromatic heterocycles. The molecule has 1 N–H and O–H groups in total. The normalized spacial score (nSPS) is 17.3. The molecule has 1 rings (SSSR count). The number of esters is 1. The van der Waals surface area contributed by atoms with E-state index in [4.69, 9.17) is 0 Å². The van der Waals surface area contributed by atoms with Crippen LogP contribution in [0.25, 0.3) is 0 Å². The Balaban J connectivity index is 2.03. The number of hydrogen-bond donors (Lipinski definition) is 1. The lowest BCUT2D eigenvalue weighted by Gasteiger charge is -2.09. The van der Waals surface area contributed by atoms with Gasteiger partial charge in [0.2, 0.25) is 0 Å². The maximum Gasteiger partial charge on any atom is 0.320 e. The molecule has 0 amide bonds. The fourth-order valence-corrected chi connectivity index (χ4v) is 2.07. The van der Waals surface area contributed by atoms with Crippen molar-refractivity contribution in [1.82, 2.24) is 5.32 Å². The highest BCUT2D eigenvalue weighted by Gasteiger charge is 2.14. The van der Waals surface area contributed by atoms with Gasteiger partial charge in [0.05, 0.1) is 7.11 Å². The Bertz CT molecular complexity index is 241. The minimum atomic E-state index is -0.236. The molecule has 0 bridgehead atoms. The average molecular weight is 276 g/mol. The first-order chi connectivity index (χ1) is 7.24. The van der Waals surface area contributed by atoms with Crippen molar-refractivity contribution in [3.63, 3.8) is 0 Å². The van der Waals surface area contributed by atoms with E-state index in [1.165, 1.54) is 26.4 Å². The lowest BCUT2D eigenvalue weighted by Crippen LogP contribution is -2.30. The van der Waals surface area contributed by atoms with Gasteiger partial charge in [-0.3, -0.25) is 4.79 Å². The summed E-state index contributed by atoms with van der Waals surface area (Å²) in [5, 5.41) is 3.24. The van der Waals surface area contributed by atoms with E-state index < -0.39 is 0 Å². The molecular weight excluding hydrogens is 258 g/mol. The Morgan fingerprint density at radius 3 is 3.13 bits per heavy atom. The molecule has 86 valence electrons. The second-order valence-electron chi connectivity index (χ2n) is 3.70. The number of alkyl halides is 1. The molecule has 0 aliphatic heterocycles. The summed E-state index contributed by atoms with van der Waals surface area (Å²) in [7, 11) is 1.40. The molecule has 1 atom stereocenters. The number of allylic oxidation sites excluding steroid dienone is 1. The summed E-state index contributed by atoms with van der Waals surface area (Å²) in [6.07, 6.45) is 7.21. The largest absolute Gasteiger partial charge is 0.468 e. The number of halogens is 1. The topological polar surface area (TPSA) is 38.3 Å². The van der Waals surface area contributed by atoms with E-state index in [2.05, 4.69) is 32.1 Å². The zero-order chi connectivity index (χ0) is 11.1. The number of nitrogens with one attached hydrogen (secondary N) is 1. The summed E-state index contributed by atoms with van der Waals surface area (Å²) in [5.41, 5.74) is 1.55. The third-order valence-electron chi connectivity index (χ3n) is 2.54. The summed E-state index contributed by atoms with van der Waals surface area (Å²) >= 11 is 3.27. The van der Waals surface area contributed by atoms with Gasteiger partial charge in [0.25, 0.3) is 0 Å². The molecule has 0 heterocycles. The van der Waals surface area contributed by atoms with Crippen molar-refractivity contribution >= 4 is 21.9 Å². The van der Waals surface area contributed by atoms with E-state index in [-0.39, 0.29) is 10.8 Å². The van der Waals surface area contributed by atoms with Crippen molar-refractivity contribution in [2.45, 2.75) is 30.5 Å². The Kier molecular flexibility index (Phi) is 5.95. The van der Waals surface area contributed by atoms with Crippen molar-refractivity contribution in [1.29, 1.82) is 0 Å². The van der Waals surface area contributed by atoms with Gasteiger partial charge in [0, 0.05) is 6.54 Å². The summed E-state index contributed by atoms with van der Waals surface area (Å²) in [5.74, 6) is -0.220. The Labute approximate surface area is 99.4 Å². The maximum atomic E-state index is 11.0. The number of hydrogen-bond acceptors (Lipinski definition) is 3. The number of rotatable bonds is 6. The van der Waals surface area contributed by atoms with Gasteiger partial charge in [-0.25, -0.2) is 0 Å². The summed E-state index contributed by atoms with van der Waals surface area (Å²) in [6.45, 7) is 1.56. The monoisotopic (exact) mass is 275 g/mol. The standard InChI is InChI=1S/C11H18BrNO2/c1-15-11(14)10(12)8-13-7-6-9-4-2-3-5-9/h4,10,13H,2-3,5-8H2,1H3. The van der Waals surface area contributed by atoms with Crippen molar-refractivity contribution in [3.05, 3.63) is 11.6 Å². The summed E-state index contributed by atoms with van der Waals surface area (Å²) in [6, 6.07) is 0. The van der Waals surface area contributed by atoms with Gasteiger partial charge in [0.15, 0.2) is 0 Å². The Morgan fingerprint density at radius 1 is 1.73 bits per heavy atom. The third-order valence-corrected chi connectivity index (χ3v) is 3.24. The van der Waals surface area contributed by atoms with Crippen LogP contribution in [-0.4, -0.2) is 31.0 Å². The summed E-state index contributed by atoms with van der Waals surface area (Å²) in [4.78, 5) is 10.8. The molecule has 15 heavy (non-hydrogen) atoms. The fraction of sp³-hybridized carbons (Fsp3) is 0.727. The molecule has 0 radical (unpaired) electrons. The van der Waals surface area contributed by atoms with Crippen LogP contribution in [0.2, 0.25) is 0 Å². The molecule has 0 fully saturated rings. The Hall–Kier alpha value is -0.350. The highest BCUT2D eigenvalue weighted by Crippen LogP contribution is 2.19. The summed E-state index contributed by atoms with van der Waals surface area (Å²) < 4.78 is 4.61. The zero-order valence-corrected chi connectivity index (χ0v) is 10.7. The van der Waals surface area contributed by atoms with Gasteiger partial charge in [0.1, 0.15) is 4.83 Å². The molecule has 1 unspecified atom stereocenters. The molecule has 0 saturated heterocycles. The molecule has 1 aliphatic carbocycles. The highest BCUT2D eigenvalue weighted by molar-refractivity contribution is 9.10. The van der Waals surface area contributed by atoms with Crippen LogP contribution in [-0.2, 0) is 9.53 Å². The first-order valence-corrected chi connectivity index (χ1v) is 6.26. The van der Waals surface area contributed by atoms with Crippen molar-refractivity contribution < 1.29 is 9.53 Å². The SMILES string of the molecule is COC(=O)C(Br)CNCCC1=CCCC1. The van der Waals surface area contributed by atoms with Gasteiger partial charge in [-0.1, -0.05) is 27.6 Å². The number of carbonyl (C=O) groups is 1. The van der Waals surface area contributed by atoms with E-state index in [0.717, 1.165) is 13.0 Å². The van der Waals surface area contributed by atoms with Crippen LogP contribution >= 0.6 is 15.9 Å². The third kappa shape index (κ3) is 4.80. The van der Waals surface area contributed by atoms with Gasteiger partial charge in [-0.2, -0.15) is 0 Å². The smallest absolute Gasteiger partial charge is 0.320 e. The molecule has 1 aliphatic rings. The van der Waals surface area contributed by atoms with Gasteiger partial charge in [-0.15, -0.1) is 0 Å². The second kappa shape index (κ2) is 7.01. The molecule has 0 saturated carbocycles. The van der Waals surface area contributed by atoms with Crippen LogP contribution in [0.1, 0.15) is 25.7 Å². The van der Waals surface area contributed by atoms with Crippen molar-refractivity contribution in [2.75, 3.05) is 20.2 Å². The Morgan fingerprint density at radius 2 is 2.53 bits per heavy atom. The zero-order valence-electron chi connectivity index (χ0n) is 9.09. The van der Waals surface area contributed by atoms with E-state index in [0.29, 0.717) is 6.54 Å². The first kappa shape index (κ1) is 12.7. The minimum Gasteiger partial charge on any atom is -0.468 e. The van der Waals surface area contributed by atoms with Crippen LogP contribution in [0.5, 0.6) is 0 Å². The first-order valence-electron chi connectivity index (χ1n) is 5.34. The molecule has 0 aromatic carbocycles. The van der Waals surface area contributed by atoms with E-state index in [1.54, 1.807) is 5.57 Å². The average Bonchev–Trinajstić information content (AvgIpc) is 2.75. The molecular formula is C11H18BrNO2. The van der Waals surface area contributed by atoms with Crippen LogP contribution in [0.15, 0.2) is 11.6 Å². The molecule has 0 spiro atoms. The fourth-order valence-electron chi connectivity index (χ4n) is 1.65. The lowest BCUT2D eigenvalue weighted by atomic mass is 10.2. The predicted octanol–water partition coefficient (Wildman–Crippen LogP) is 2.01. The molecule has 4 heteroatoms. The molecule has 0 aromatic rings. The van der Waals surface area contributed by atoms with Crippen LogP contribution in [0.4, 0.5) is 0 Å². The minimum absolute atomic E-state index is 0.220. The lowest BCUT2D eigenvalue weighted by molar-refractivity contribution is -0.139. The van der Waals surface area contributed by atoms with Crippen molar-refractivity contribution in [2.24, 2.45) is 0 Å². The van der Waals surface area contributed by atoms with Crippen LogP contribution < -0.4 is 5.32 Å². The number of carbonyl (C=O) groups excluding carboxylic acids is 1. The van der Waals surface area contributed by atoms with Gasteiger partial charge < -0.3 is 10.1 Å². The molecule has 3 nitrogen and oxygen atoms in total. The van der Waals surface area contributed by atoms with E-state index in [9.17, 15) is 4.79 Å². The van der Waals surface area contributed by atoms with Crippen LogP contribution in [0, 0.1) is 0 Å². The van der Waals surface area contributed by atoms with Crippen molar-refractivity contribution in [3.8, 4) is 0 Å². The maximum absolute atomic E-state index is 11.0. The quantitative estimate of drug-likeness (QED) is 0.349. The number of ether oxygens (including phenoxy) is 1. The number of methoxy groups -OCH3 is 1. The second-order valence-corrected chi connectivity index (χ2v) is 4.80. The highest BCUT2D eigenvalue weighted by atomic mass is 79.9. The van der Waals surface area contributed by atoms with Gasteiger partial charge in [-0.05, 0) is 32.2 Å². The predicted molar refractivity (Wildman–Crippen MR) is 64.2 cm³/mol. The van der Waals surface area contributed by atoms with E-state index >= 15 is 0 Å². The van der Waals surface area contributed by atoms with E-state index in [1.807, 2.05) is 0 Å². The van der Waals surface area contributed by atoms with Crippen LogP contribution in [0.3, 0.4) is 0 Å². The van der Waals surface area contributed by atoms with Gasteiger partial charge >= 0.3 is 5.97 Å².